The van der Waals surface area contributed by atoms with Gasteiger partial charge in [0.1, 0.15) is 12.3 Å². The zero-order valence-corrected chi connectivity index (χ0v) is 5.41. The van der Waals surface area contributed by atoms with Gasteiger partial charge in [-0.15, -0.1) is 0 Å². The van der Waals surface area contributed by atoms with Gasteiger partial charge in [-0.1, -0.05) is 12.0 Å². The average molecular weight is 133 g/mol. The first-order valence-corrected chi connectivity index (χ1v) is 2.94. The van der Waals surface area contributed by atoms with Crippen molar-refractivity contribution in [3.05, 3.63) is 30.1 Å². The van der Waals surface area contributed by atoms with Crippen LogP contribution in [-0.2, 0) is 0 Å². The fourth-order valence-corrected chi connectivity index (χ4v) is 0.567. The van der Waals surface area contributed by atoms with Crippen molar-refractivity contribution in [1.29, 1.82) is 0 Å². The van der Waals surface area contributed by atoms with E-state index < -0.39 is 0 Å². The van der Waals surface area contributed by atoms with Crippen LogP contribution < -0.4 is 0 Å². The molecule has 2 heteroatoms. The minimum Gasteiger partial charge on any atom is -0.384 e. The molecule has 0 saturated carbocycles. The third-order valence-corrected chi connectivity index (χ3v) is 0.960. The first kappa shape index (κ1) is 6.79. The molecule has 0 aliphatic rings. The van der Waals surface area contributed by atoms with Crippen LogP contribution in [0, 0.1) is 11.8 Å². The molecule has 0 fully saturated rings. The summed E-state index contributed by atoms with van der Waals surface area (Å²) >= 11 is 0. The standard InChI is InChI=1S/C8H7NO/c10-7-3-5-8-4-1-2-6-9-8/h1-2,4,6,10H,7H2. The highest BCUT2D eigenvalue weighted by molar-refractivity contribution is 5.26. The maximum absolute atomic E-state index is 8.33. The number of aliphatic hydroxyl groups excluding tert-OH is 1. The zero-order valence-electron chi connectivity index (χ0n) is 5.41. The molecule has 0 bridgehead atoms. The molecule has 0 saturated heterocycles. The summed E-state index contributed by atoms with van der Waals surface area (Å²) in [5.41, 5.74) is 0.691. The number of nitrogens with zero attached hydrogens (tertiary/aromatic N) is 1. The fourth-order valence-electron chi connectivity index (χ4n) is 0.567. The highest BCUT2D eigenvalue weighted by atomic mass is 16.2. The molecule has 1 rings (SSSR count). The van der Waals surface area contributed by atoms with Gasteiger partial charge in [-0.05, 0) is 18.1 Å². The van der Waals surface area contributed by atoms with E-state index >= 15 is 0 Å². The van der Waals surface area contributed by atoms with Crippen LogP contribution in [0.5, 0.6) is 0 Å². The van der Waals surface area contributed by atoms with Gasteiger partial charge in [-0.2, -0.15) is 0 Å². The lowest BCUT2D eigenvalue weighted by Crippen LogP contribution is -1.79. The van der Waals surface area contributed by atoms with Crippen LogP contribution in [0.1, 0.15) is 5.69 Å². The lowest BCUT2D eigenvalue weighted by Gasteiger charge is -1.83. The van der Waals surface area contributed by atoms with Gasteiger partial charge in [0.05, 0.1) is 0 Å². The summed E-state index contributed by atoms with van der Waals surface area (Å²) in [6, 6.07) is 5.47. The Morgan fingerprint density at radius 2 is 2.40 bits per heavy atom. The first-order valence-electron chi connectivity index (χ1n) is 2.94. The van der Waals surface area contributed by atoms with Gasteiger partial charge in [0.25, 0.3) is 0 Å². The van der Waals surface area contributed by atoms with E-state index in [-0.39, 0.29) is 6.61 Å². The molecule has 1 aromatic heterocycles. The van der Waals surface area contributed by atoms with Gasteiger partial charge in [0.15, 0.2) is 0 Å². The summed E-state index contributed by atoms with van der Waals surface area (Å²) < 4.78 is 0. The third-order valence-electron chi connectivity index (χ3n) is 0.960. The number of hydrogen-bond donors (Lipinski definition) is 1. The van der Waals surface area contributed by atoms with Crippen LogP contribution in [0.3, 0.4) is 0 Å². The van der Waals surface area contributed by atoms with Crippen LogP contribution >= 0.6 is 0 Å². The van der Waals surface area contributed by atoms with E-state index in [1.54, 1.807) is 12.3 Å². The Hall–Kier alpha value is -1.33. The van der Waals surface area contributed by atoms with Crippen molar-refractivity contribution in [1.82, 2.24) is 4.98 Å². The Morgan fingerprint density at radius 3 is 3.00 bits per heavy atom. The summed E-state index contributed by atoms with van der Waals surface area (Å²) in [7, 11) is 0. The van der Waals surface area contributed by atoms with E-state index in [0.717, 1.165) is 0 Å². The number of aliphatic hydroxyl groups is 1. The molecule has 0 radical (unpaired) electrons. The second kappa shape index (κ2) is 3.65. The Kier molecular flexibility index (Phi) is 2.48. The van der Waals surface area contributed by atoms with Crippen molar-refractivity contribution in [2.45, 2.75) is 0 Å². The molecule has 2 nitrogen and oxygen atoms in total. The number of pyridine rings is 1. The predicted molar refractivity (Wildman–Crippen MR) is 38.2 cm³/mol. The predicted octanol–water partition coefficient (Wildman–Crippen LogP) is 0.425. The normalized spacial score (nSPS) is 8.10. The maximum atomic E-state index is 8.33. The van der Waals surface area contributed by atoms with Crippen LogP contribution in [-0.4, -0.2) is 16.7 Å². The first-order chi connectivity index (χ1) is 4.93. The molecule has 50 valence electrons. The van der Waals surface area contributed by atoms with Crippen molar-refractivity contribution >= 4 is 0 Å². The maximum Gasteiger partial charge on any atom is 0.113 e. The highest BCUT2D eigenvalue weighted by Gasteiger charge is 1.80. The lowest BCUT2D eigenvalue weighted by atomic mass is 10.3. The number of rotatable bonds is 0. The van der Waals surface area contributed by atoms with Gasteiger partial charge in [-0.25, -0.2) is 4.98 Å². The molecule has 0 amide bonds. The number of aromatic nitrogens is 1. The van der Waals surface area contributed by atoms with Crippen molar-refractivity contribution in [3.8, 4) is 11.8 Å². The molecule has 0 aliphatic carbocycles. The Morgan fingerprint density at radius 1 is 1.50 bits per heavy atom. The smallest absolute Gasteiger partial charge is 0.113 e. The highest BCUT2D eigenvalue weighted by Crippen LogP contribution is 1.88. The van der Waals surface area contributed by atoms with Crippen molar-refractivity contribution in [3.63, 3.8) is 0 Å². The lowest BCUT2D eigenvalue weighted by molar-refractivity contribution is 0.350. The molecule has 0 unspecified atom stereocenters. The Bertz CT molecular complexity index is 245. The molecule has 1 N–H and O–H groups in total. The monoisotopic (exact) mass is 133 g/mol. The largest absolute Gasteiger partial charge is 0.384 e. The molecule has 0 aromatic carbocycles. The minimum atomic E-state index is -0.115. The summed E-state index contributed by atoms with van der Waals surface area (Å²) in [4.78, 5) is 3.93. The van der Waals surface area contributed by atoms with E-state index in [9.17, 15) is 0 Å². The van der Waals surface area contributed by atoms with E-state index in [0.29, 0.717) is 5.69 Å². The summed E-state index contributed by atoms with van der Waals surface area (Å²) in [5, 5.41) is 8.33. The van der Waals surface area contributed by atoms with Crippen LogP contribution in [0.25, 0.3) is 0 Å². The summed E-state index contributed by atoms with van der Waals surface area (Å²) in [5.74, 6) is 5.19. The van der Waals surface area contributed by atoms with Gasteiger partial charge in [-0.3, -0.25) is 0 Å². The second-order valence-electron chi connectivity index (χ2n) is 1.67. The molecule has 1 heterocycles. The average Bonchev–Trinajstić information content (AvgIpc) is 2.03. The van der Waals surface area contributed by atoms with Gasteiger partial charge in [0.2, 0.25) is 0 Å². The Balaban J connectivity index is 2.76. The third kappa shape index (κ3) is 1.88. The van der Waals surface area contributed by atoms with Gasteiger partial charge < -0.3 is 5.11 Å². The molecule has 1 aromatic rings. The molecular formula is C8H7NO. The van der Waals surface area contributed by atoms with E-state index in [1.165, 1.54) is 0 Å². The van der Waals surface area contributed by atoms with E-state index in [4.69, 9.17) is 5.11 Å². The van der Waals surface area contributed by atoms with Crippen LogP contribution in [0.15, 0.2) is 24.4 Å². The molecule has 10 heavy (non-hydrogen) atoms. The van der Waals surface area contributed by atoms with Crippen molar-refractivity contribution in [2.24, 2.45) is 0 Å². The fraction of sp³-hybridized carbons (Fsp3) is 0.125. The van der Waals surface area contributed by atoms with Gasteiger partial charge in [0, 0.05) is 6.20 Å². The van der Waals surface area contributed by atoms with Crippen molar-refractivity contribution < 1.29 is 5.11 Å². The molecule has 0 aliphatic heterocycles. The van der Waals surface area contributed by atoms with E-state index in [1.807, 2.05) is 12.1 Å². The van der Waals surface area contributed by atoms with Crippen LogP contribution in [0.2, 0.25) is 0 Å². The molecular weight excluding hydrogens is 126 g/mol. The summed E-state index contributed by atoms with van der Waals surface area (Å²) in [6.07, 6.45) is 1.67. The zero-order chi connectivity index (χ0) is 7.23. The summed E-state index contributed by atoms with van der Waals surface area (Å²) in [6.45, 7) is -0.115. The second-order valence-corrected chi connectivity index (χ2v) is 1.67. The van der Waals surface area contributed by atoms with E-state index in [2.05, 4.69) is 16.8 Å². The minimum absolute atomic E-state index is 0.115. The molecule has 0 atom stereocenters. The molecule has 0 spiro atoms. The topological polar surface area (TPSA) is 33.1 Å². The SMILES string of the molecule is OCC#Cc1ccccn1. The Labute approximate surface area is 59.5 Å². The quantitative estimate of drug-likeness (QED) is 0.520. The number of hydrogen-bond acceptors (Lipinski definition) is 2. The van der Waals surface area contributed by atoms with Gasteiger partial charge >= 0.3 is 0 Å². The van der Waals surface area contributed by atoms with Crippen LogP contribution in [0.4, 0.5) is 0 Å². The van der Waals surface area contributed by atoms with Crippen molar-refractivity contribution in [2.75, 3.05) is 6.61 Å².